The van der Waals surface area contributed by atoms with Gasteiger partial charge >= 0.3 is 6.18 Å². The number of amides is 1. The highest BCUT2D eigenvalue weighted by Crippen LogP contribution is 2.38. The summed E-state index contributed by atoms with van der Waals surface area (Å²) in [5, 5.41) is 6.46. The Balaban J connectivity index is 1.12. The van der Waals surface area contributed by atoms with Crippen molar-refractivity contribution in [3.63, 3.8) is 0 Å². The number of hydrogen-bond acceptors (Lipinski definition) is 8. The lowest BCUT2D eigenvalue weighted by Crippen LogP contribution is -2.49. The van der Waals surface area contributed by atoms with Gasteiger partial charge in [-0.15, -0.1) is 0 Å². The van der Waals surface area contributed by atoms with Gasteiger partial charge in [-0.1, -0.05) is 24.3 Å². The predicted molar refractivity (Wildman–Crippen MR) is 152 cm³/mol. The molecule has 1 amide bonds. The SMILES string of the molecule is Cc1c(N2Cc3ccccc3[C@@H]2COc2cncc(C(=O)N3CCN(c4ccc(C(F)(F)F)cn4)CC3)c2)cn[nH]c1=O. The van der Waals surface area contributed by atoms with Crippen LogP contribution in [0.4, 0.5) is 24.7 Å². The van der Waals surface area contributed by atoms with Crippen LogP contribution in [0.5, 0.6) is 5.75 Å². The molecular formula is C30H28F3N7O3. The predicted octanol–water partition coefficient (Wildman–Crippen LogP) is 3.99. The number of aromatic amines is 1. The standard InChI is InChI=1S/C30H28F3N7O3/c1-19-25(16-36-37-28(19)41)40-17-20-4-2-3-5-24(20)26(40)18-43-23-12-21(13-34-15-23)29(42)39-10-8-38(9-11-39)27-7-6-22(14-35-27)30(31,32)33/h2-7,12-16,26H,8-11,17-18H2,1H3,(H,37,41)/t26-/m0/s1. The Morgan fingerprint density at radius 1 is 1.05 bits per heavy atom. The lowest BCUT2D eigenvalue weighted by molar-refractivity contribution is -0.137. The minimum atomic E-state index is -4.44. The maximum Gasteiger partial charge on any atom is 0.417 e. The van der Waals surface area contributed by atoms with Crippen LogP contribution in [0, 0.1) is 6.92 Å². The van der Waals surface area contributed by atoms with E-state index >= 15 is 0 Å². The third-order valence-corrected chi connectivity index (χ3v) is 7.85. The molecule has 1 fully saturated rings. The van der Waals surface area contributed by atoms with Crippen molar-refractivity contribution in [1.82, 2.24) is 25.1 Å². The quantitative estimate of drug-likeness (QED) is 0.359. The second-order valence-corrected chi connectivity index (χ2v) is 10.5. The average Bonchev–Trinajstić information content (AvgIpc) is 3.39. The molecule has 1 saturated heterocycles. The second-order valence-electron chi connectivity index (χ2n) is 10.5. The fourth-order valence-corrected chi connectivity index (χ4v) is 5.49. The number of nitrogens with zero attached hydrogens (tertiary/aromatic N) is 6. The van der Waals surface area contributed by atoms with Crippen LogP contribution in [0.1, 0.15) is 38.7 Å². The molecule has 1 aromatic carbocycles. The minimum absolute atomic E-state index is 0.190. The van der Waals surface area contributed by atoms with Crippen molar-refractivity contribution < 1.29 is 22.7 Å². The zero-order chi connectivity index (χ0) is 30.1. The maximum absolute atomic E-state index is 13.3. The number of aromatic nitrogens is 4. The van der Waals surface area contributed by atoms with Crippen LogP contribution in [0.3, 0.4) is 0 Å². The molecule has 13 heteroatoms. The summed E-state index contributed by atoms with van der Waals surface area (Å²) in [4.78, 5) is 39.4. The van der Waals surface area contributed by atoms with E-state index in [1.54, 1.807) is 30.3 Å². The zero-order valence-corrected chi connectivity index (χ0v) is 23.2. The third-order valence-electron chi connectivity index (χ3n) is 7.85. The molecule has 5 heterocycles. The van der Waals surface area contributed by atoms with Gasteiger partial charge in [0.1, 0.15) is 18.2 Å². The van der Waals surface area contributed by atoms with E-state index in [2.05, 4.69) is 25.1 Å². The van der Waals surface area contributed by atoms with Gasteiger partial charge in [-0.3, -0.25) is 14.6 Å². The summed E-state index contributed by atoms with van der Waals surface area (Å²) in [7, 11) is 0. The molecule has 2 aliphatic heterocycles. The summed E-state index contributed by atoms with van der Waals surface area (Å²) < 4.78 is 44.8. The molecule has 43 heavy (non-hydrogen) atoms. The molecule has 222 valence electrons. The van der Waals surface area contributed by atoms with E-state index < -0.39 is 11.7 Å². The fraction of sp³-hybridized carbons (Fsp3) is 0.300. The minimum Gasteiger partial charge on any atom is -0.489 e. The zero-order valence-electron chi connectivity index (χ0n) is 23.2. The van der Waals surface area contributed by atoms with Gasteiger partial charge in [0, 0.05) is 50.7 Å². The number of piperazine rings is 1. The van der Waals surface area contributed by atoms with E-state index in [9.17, 15) is 22.8 Å². The van der Waals surface area contributed by atoms with Crippen LogP contribution >= 0.6 is 0 Å². The molecule has 3 aromatic heterocycles. The highest BCUT2D eigenvalue weighted by molar-refractivity contribution is 5.94. The van der Waals surface area contributed by atoms with Crippen molar-refractivity contribution in [1.29, 1.82) is 0 Å². The van der Waals surface area contributed by atoms with Crippen LogP contribution < -0.4 is 20.1 Å². The number of H-pyrrole nitrogens is 1. The van der Waals surface area contributed by atoms with E-state index in [0.29, 0.717) is 55.4 Å². The normalized spacial score (nSPS) is 16.7. The molecule has 6 rings (SSSR count). The second kappa shape index (κ2) is 11.4. The molecule has 4 aromatic rings. The van der Waals surface area contributed by atoms with Gasteiger partial charge in [-0.25, -0.2) is 10.1 Å². The van der Waals surface area contributed by atoms with E-state index in [0.717, 1.165) is 29.1 Å². The van der Waals surface area contributed by atoms with E-state index in [1.165, 1.54) is 12.3 Å². The summed E-state index contributed by atoms with van der Waals surface area (Å²) >= 11 is 0. The van der Waals surface area contributed by atoms with Gasteiger partial charge in [0.25, 0.3) is 11.5 Å². The first-order valence-corrected chi connectivity index (χ1v) is 13.7. The molecule has 10 nitrogen and oxygen atoms in total. The lowest BCUT2D eigenvalue weighted by atomic mass is 10.1. The smallest absolute Gasteiger partial charge is 0.417 e. The highest BCUT2D eigenvalue weighted by atomic mass is 19.4. The number of carbonyl (C=O) groups excluding carboxylic acids is 1. The Hall–Kier alpha value is -4.94. The van der Waals surface area contributed by atoms with Gasteiger partial charge < -0.3 is 19.4 Å². The number of anilines is 2. The van der Waals surface area contributed by atoms with Crippen LogP contribution in [0.15, 0.2) is 72.0 Å². The summed E-state index contributed by atoms with van der Waals surface area (Å²) in [5.74, 6) is 0.658. The summed E-state index contributed by atoms with van der Waals surface area (Å²) in [6, 6.07) is 11.9. The topological polar surface area (TPSA) is 108 Å². The largest absolute Gasteiger partial charge is 0.489 e. The number of ether oxygens (including phenoxy) is 1. The van der Waals surface area contributed by atoms with Crippen molar-refractivity contribution in [3.8, 4) is 5.75 Å². The van der Waals surface area contributed by atoms with Gasteiger partial charge in [-0.05, 0) is 36.2 Å². The van der Waals surface area contributed by atoms with E-state index in [4.69, 9.17) is 4.74 Å². The number of rotatable bonds is 6. The van der Waals surface area contributed by atoms with Gasteiger partial charge in [-0.2, -0.15) is 18.3 Å². The van der Waals surface area contributed by atoms with E-state index in [1.807, 2.05) is 29.2 Å². The van der Waals surface area contributed by atoms with Crippen LogP contribution in [0.25, 0.3) is 0 Å². The molecule has 0 unspecified atom stereocenters. The highest BCUT2D eigenvalue weighted by Gasteiger charge is 2.33. The molecule has 0 aliphatic carbocycles. The van der Waals surface area contributed by atoms with E-state index in [-0.39, 0.29) is 24.1 Å². The molecule has 2 aliphatic rings. The Morgan fingerprint density at radius 2 is 1.84 bits per heavy atom. The van der Waals surface area contributed by atoms with Gasteiger partial charge in [0.2, 0.25) is 0 Å². The van der Waals surface area contributed by atoms with Crippen LogP contribution in [-0.4, -0.2) is 63.8 Å². The molecule has 0 saturated carbocycles. The Morgan fingerprint density at radius 3 is 2.58 bits per heavy atom. The van der Waals surface area contributed by atoms with Crippen molar-refractivity contribution in [3.05, 3.63) is 105 Å². The molecule has 0 bridgehead atoms. The van der Waals surface area contributed by atoms with Gasteiger partial charge in [0.05, 0.1) is 35.2 Å². The number of fused-ring (bicyclic) bond motifs is 1. The molecular weight excluding hydrogens is 563 g/mol. The fourth-order valence-electron chi connectivity index (χ4n) is 5.49. The molecule has 1 atom stereocenters. The number of nitrogens with one attached hydrogen (secondary N) is 1. The summed E-state index contributed by atoms with van der Waals surface area (Å²) in [6.45, 7) is 4.23. The number of hydrogen-bond donors (Lipinski definition) is 1. The number of alkyl halides is 3. The maximum atomic E-state index is 13.3. The van der Waals surface area contributed by atoms with Crippen molar-refractivity contribution in [2.75, 3.05) is 42.6 Å². The number of benzene rings is 1. The van der Waals surface area contributed by atoms with Gasteiger partial charge in [0.15, 0.2) is 0 Å². The molecule has 1 N–H and O–H groups in total. The number of halogens is 3. The third kappa shape index (κ3) is 5.74. The Kier molecular flexibility index (Phi) is 7.46. The number of pyridine rings is 2. The average molecular weight is 592 g/mol. The first-order valence-electron chi connectivity index (χ1n) is 13.7. The van der Waals surface area contributed by atoms with Crippen LogP contribution in [-0.2, 0) is 12.7 Å². The first kappa shape index (κ1) is 28.2. The lowest BCUT2D eigenvalue weighted by Gasteiger charge is -2.35. The number of carbonyl (C=O) groups is 1. The Labute approximate surface area is 244 Å². The molecule has 0 radical (unpaired) electrons. The molecule has 0 spiro atoms. The van der Waals surface area contributed by atoms with Crippen molar-refractivity contribution >= 4 is 17.4 Å². The monoisotopic (exact) mass is 591 g/mol. The summed E-state index contributed by atoms with van der Waals surface area (Å²) in [6.07, 6.45) is 1.06. The van der Waals surface area contributed by atoms with Crippen molar-refractivity contribution in [2.24, 2.45) is 0 Å². The van der Waals surface area contributed by atoms with Crippen molar-refractivity contribution in [2.45, 2.75) is 25.7 Å². The summed E-state index contributed by atoms with van der Waals surface area (Å²) in [5.41, 5.74) is 2.83. The first-order chi connectivity index (χ1) is 20.7. The van der Waals surface area contributed by atoms with Crippen LogP contribution in [0.2, 0.25) is 0 Å². The Bertz CT molecular complexity index is 1690.